The molecule has 0 aliphatic rings. The van der Waals surface area contributed by atoms with E-state index in [0.717, 1.165) is 11.1 Å². The van der Waals surface area contributed by atoms with Gasteiger partial charge < -0.3 is 10.6 Å². The summed E-state index contributed by atoms with van der Waals surface area (Å²) in [6.07, 6.45) is 0. The Hall–Kier alpha value is -1.19. The zero-order valence-corrected chi connectivity index (χ0v) is 15.2. The first-order chi connectivity index (χ1) is 9.62. The normalized spacial score (nSPS) is 7.43. The Bertz CT molecular complexity index is 337. The van der Waals surface area contributed by atoms with Gasteiger partial charge in [-0.15, -0.1) is 24.3 Å². The van der Waals surface area contributed by atoms with Crippen molar-refractivity contribution in [3.8, 4) is 0 Å². The van der Waals surface area contributed by atoms with Gasteiger partial charge in [-0.1, -0.05) is 12.1 Å². The summed E-state index contributed by atoms with van der Waals surface area (Å²) >= 11 is 0. The molecule has 0 saturated heterocycles. The van der Waals surface area contributed by atoms with Crippen molar-refractivity contribution in [2.45, 2.75) is 0 Å². The summed E-state index contributed by atoms with van der Waals surface area (Å²) in [5.74, 6) is 0. The zero-order valence-electron chi connectivity index (χ0n) is 13.7. The van der Waals surface area contributed by atoms with Crippen LogP contribution in [0, 0.1) is 13.8 Å². The quantitative estimate of drug-likeness (QED) is 0.574. The average Bonchev–Trinajstić information content (AvgIpc) is 2.43. The summed E-state index contributed by atoms with van der Waals surface area (Å²) in [6.45, 7) is 7.44. The second-order valence-electron chi connectivity index (χ2n) is 3.97. The number of hydrogen-bond donors (Lipinski definition) is 2. The van der Waals surface area contributed by atoms with Gasteiger partial charge in [0.15, 0.2) is 0 Å². The van der Waals surface area contributed by atoms with Gasteiger partial charge in [-0.05, 0) is 28.2 Å². The number of rotatable bonds is 0. The number of benzene rings is 2. The van der Waals surface area contributed by atoms with E-state index in [4.69, 9.17) is 0 Å². The van der Waals surface area contributed by atoms with Crippen LogP contribution in [0.25, 0.3) is 0 Å². The first kappa shape index (κ1) is 24.8. The third kappa shape index (κ3) is 24.2. The summed E-state index contributed by atoms with van der Waals surface area (Å²) in [5.41, 5.74) is 2.14. The van der Waals surface area contributed by atoms with Crippen molar-refractivity contribution in [1.29, 1.82) is 0 Å². The summed E-state index contributed by atoms with van der Waals surface area (Å²) in [6, 6.07) is 19.7. The largest absolute Gasteiger partial charge is 2.00 e. The van der Waals surface area contributed by atoms with E-state index in [0.29, 0.717) is 0 Å². The summed E-state index contributed by atoms with van der Waals surface area (Å²) in [4.78, 5) is 0. The molecule has 0 spiro atoms. The van der Waals surface area contributed by atoms with Crippen LogP contribution in [0.1, 0.15) is 11.1 Å². The molecule has 21 heavy (non-hydrogen) atoms. The molecule has 0 bridgehead atoms. The Morgan fingerprint density at radius 1 is 0.571 bits per heavy atom. The van der Waals surface area contributed by atoms with Crippen LogP contribution in [-0.4, -0.2) is 28.2 Å². The molecule has 0 unspecified atom stereocenters. The molecule has 114 valence electrons. The second kappa shape index (κ2) is 21.1. The summed E-state index contributed by atoms with van der Waals surface area (Å²) in [5, 5.41) is 5.50. The van der Waals surface area contributed by atoms with E-state index < -0.39 is 0 Å². The van der Waals surface area contributed by atoms with Crippen molar-refractivity contribution in [2.75, 3.05) is 28.2 Å². The Morgan fingerprint density at radius 2 is 0.762 bits per heavy atom. The van der Waals surface area contributed by atoms with Gasteiger partial charge in [0, 0.05) is 0 Å². The molecule has 0 saturated carbocycles. The van der Waals surface area contributed by atoms with Crippen LogP contribution in [0.4, 0.5) is 0 Å². The van der Waals surface area contributed by atoms with Gasteiger partial charge in [-0.3, -0.25) is 0 Å². The molecule has 0 aromatic heterocycles. The van der Waals surface area contributed by atoms with Crippen LogP contribution in [0.2, 0.25) is 0 Å². The fraction of sp³-hybridized carbons (Fsp3) is 0.222. The van der Waals surface area contributed by atoms with Crippen molar-refractivity contribution < 1.29 is 21.7 Å². The van der Waals surface area contributed by atoms with Gasteiger partial charge in [0.05, 0.1) is 0 Å². The Labute approximate surface area is 146 Å². The monoisotopic (exact) mass is 320 g/mol. The van der Waals surface area contributed by atoms with Crippen molar-refractivity contribution in [3.05, 3.63) is 85.6 Å². The molecule has 0 aliphatic heterocycles. The van der Waals surface area contributed by atoms with E-state index >= 15 is 0 Å². The molecule has 0 amide bonds. The Morgan fingerprint density at radius 3 is 0.857 bits per heavy atom. The molecular formula is C18H28N2Ti. The van der Waals surface area contributed by atoms with Crippen molar-refractivity contribution in [1.82, 2.24) is 10.6 Å². The van der Waals surface area contributed by atoms with Crippen LogP contribution in [0.5, 0.6) is 0 Å². The van der Waals surface area contributed by atoms with E-state index in [9.17, 15) is 0 Å². The van der Waals surface area contributed by atoms with Crippen LogP contribution in [-0.2, 0) is 21.7 Å². The molecule has 0 atom stereocenters. The van der Waals surface area contributed by atoms with E-state index in [1.54, 1.807) is 0 Å². The first-order valence-electron chi connectivity index (χ1n) is 6.53. The molecular weight excluding hydrogens is 292 g/mol. The molecule has 0 radical (unpaired) electrons. The predicted octanol–water partition coefficient (Wildman–Crippen LogP) is 3.41. The molecule has 3 heteroatoms. The van der Waals surface area contributed by atoms with Gasteiger partial charge in [0.1, 0.15) is 0 Å². The minimum absolute atomic E-state index is 0. The second-order valence-corrected chi connectivity index (χ2v) is 3.97. The molecule has 0 fully saturated rings. The molecule has 2 aromatic carbocycles. The first-order valence-corrected chi connectivity index (χ1v) is 6.53. The maximum atomic E-state index is 3.72. The third-order valence-electron chi connectivity index (χ3n) is 1.69. The van der Waals surface area contributed by atoms with Gasteiger partial charge >= 0.3 is 21.7 Å². The van der Waals surface area contributed by atoms with Crippen LogP contribution in [0.3, 0.4) is 0 Å². The van der Waals surface area contributed by atoms with Gasteiger partial charge in [0.2, 0.25) is 0 Å². The van der Waals surface area contributed by atoms with Gasteiger partial charge in [-0.2, -0.15) is 49.2 Å². The van der Waals surface area contributed by atoms with E-state index in [1.165, 1.54) is 0 Å². The minimum Gasteiger partial charge on any atom is -0.323 e. The van der Waals surface area contributed by atoms with Crippen molar-refractivity contribution in [2.24, 2.45) is 0 Å². The van der Waals surface area contributed by atoms with E-state index in [2.05, 4.69) is 24.5 Å². The molecule has 2 N–H and O–H groups in total. The van der Waals surface area contributed by atoms with Crippen LogP contribution in [0.15, 0.2) is 60.7 Å². The number of nitrogens with one attached hydrogen (secondary N) is 2. The molecule has 0 aliphatic carbocycles. The van der Waals surface area contributed by atoms with E-state index in [1.807, 2.05) is 88.9 Å². The molecule has 2 rings (SSSR count). The standard InChI is InChI=1S/2C7H7.2C2H7N.Ti/c2*1-7-5-3-2-4-6-7;2*1-3-2;/h2*2-6H,1H2;2*3H,1-2H3;/q2*-1;;;+2. The maximum Gasteiger partial charge on any atom is 2.00 e. The smallest absolute Gasteiger partial charge is 0.323 e. The summed E-state index contributed by atoms with van der Waals surface area (Å²) in [7, 11) is 7.50. The van der Waals surface area contributed by atoms with Gasteiger partial charge in [-0.25, -0.2) is 0 Å². The molecule has 2 nitrogen and oxygen atoms in total. The van der Waals surface area contributed by atoms with E-state index in [-0.39, 0.29) is 21.7 Å². The van der Waals surface area contributed by atoms with Crippen LogP contribution >= 0.6 is 0 Å². The minimum atomic E-state index is 0. The number of hydrogen-bond acceptors (Lipinski definition) is 2. The third-order valence-corrected chi connectivity index (χ3v) is 1.69. The maximum absolute atomic E-state index is 3.72. The predicted molar refractivity (Wildman–Crippen MR) is 91.8 cm³/mol. The fourth-order valence-electron chi connectivity index (χ4n) is 0.956. The zero-order chi connectivity index (χ0) is 15.6. The topological polar surface area (TPSA) is 24.1 Å². The fourth-order valence-corrected chi connectivity index (χ4v) is 0.956. The van der Waals surface area contributed by atoms with Crippen molar-refractivity contribution in [3.63, 3.8) is 0 Å². The van der Waals surface area contributed by atoms with Gasteiger partial charge in [0.25, 0.3) is 0 Å². The molecule has 2 aromatic rings. The molecule has 0 heterocycles. The average molecular weight is 320 g/mol. The Kier molecular flexibility index (Phi) is 24.9. The summed E-state index contributed by atoms with van der Waals surface area (Å²) < 4.78 is 0. The van der Waals surface area contributed by atoms with Crippen molar-refractivity contribution >= 4 is 0 Å². The Balaban J connectivity index is -0.000000220. The SMILES string of the molecule is CNC.CNC.[CH2-]c1ccccc1.[CH2-]c1ccccc1.[Ti+2]. The van der Waals surface area contributed by atoms with Crippen LogP contribution < -0.4 is 10.6 Å².